The summed E-state index contributed by atoms with van der Waals surface area (Å²) in [6, 6.07) is -0.0994. The molecule has 0 bridgehead atoms. The summed E-state index contributed by atoms with van der Waals surface area (Å²) in [4.78, 5) is 30.5. The highest BCUT2D eigenvalue weighted by Gasteiger charge is 2.61. The summed E-state index contributed by atoms with van der Waals surface area (Å²) in [6.07, 6.45) is 12.1. The van der Waals surface area contributed by atoms with Gasteiger partial charge in [-0.15, -0.1) is 0 Å². The molecule has 0 amide bonds. The highest BCUT2D eigenvalue weighted by atomic mass is 16.7. The van der Waals surface area contributed by atoms with Crippen LogP contribution < -0.4 is 11.2 Å². The van der Waals surface area contributed by atoms with Crippen molar-refractivity contribution < 1.29 is 9.63 Å². The zero-order chi connectivity index (χ0) is 21.1. The molecule has 2 unspecified atom stereocenters. The van der Waals surface area contributed by atoms with Crippen LogP contribution in [0.25, 0.3) is 0 Å². The van der Waals surface area contributed by atoms with Crippen molar-refractivity contribution in [2.75, 3.05) is 0 Å². The molecule has 3 N–H and O–H groups in total. The number of hydrogen-bond donors (Lipinski definition) is 2. The molecular formula is C24H37N3O3. The Hall–Kier alpha value is -1.27. The summed E-state index contributed by atoms with van der Waals surface area (Å²) < 4.78 is 0. The molecule has 166 valence electrons. The van der Waals surface area contributed by atoms with Gasteiger partial charge in [-0.2, -0.15) is 4.91 Å². The minimum Gasteiger partial charge on any atom is -0.325 e. The fourth-order valence-electron chi connectivity index (χ4n) is 8.12. The Morgan fingerprint density at radius 1 is 1.13 bits per heavy atom. The number of allylic oxidation sites excluding steroid dienone is 1. The van der Waals surface area contributed by atoms with E-state index in [-0.39, 0.29) is 34.9 Å². The summed E-state index contributed by atoms with van der Waals surface area (Å²) in [5.41, 5.74) is 10.3. The van der Waals surface area contributed by atoms with E-state index in [1.165, 1.54) is 0 Å². The number of Topliss-reactive ketones (excluding diaryl/α,β-unsaturated/α-hetero) is 1. The van der Waals surface area contributed by atoms with Gasteiger partial charge in [0, 0.05) is 29.5 Å². The minimum atomic E-state index is -0.208. The van der Waals surface area contributed by atoms with Gasteiger partial charge in [0.25, 0.3) is 0 Å². The van der Waals surface area contributed by atoms with Crippen LogP contribution in [0.4, 0.5) is 0 Å². The van der Waals surface area contributed by atoms with Crippen molar-refractivity contribution in [1.82, 2.24) is 5.48 Å². The van der Waals surface area contributed by atoms with Gasteiger partial charge < -0.3 is 5.73 Å². The Bertz CT molecular complexity index is 754. The number of carbonyl (C=O) groups is 1. The molecule has 0 radical (unpaired) electrons. The van der Waals surface area contributed by atoms with E-state index >= 15 is 0 Å². The summed E-state index contributed by atoms with van der Waals surface area (Å²) in [5, 5.41) is 3.64. The van der Waals surface area contributed by atoms with Gasteiger partial charge in [0.2, 0.25) is 0 Å². The Morgan fingerprint density at radius 3 is 2.70 bits per heavy atom. The summed E-state index contributed by atoms with van der Waals surface area (Å²) in [7, 11) is 0. The minimum absolute atomic E-state index is 0.0728. The number of nitrogens with zero attached hydrogens (tertiary/aromatic N) is 1. The fourth-order valence-corrected chi connectivity index (χ4v) is 8.12. The molecule has 0 saturated heterocycles. The average molecular weight is 416 g/mol. The van der Waals surface area contributed by atoms with Crippen molar-refractivity contribution in [2.24, 2.45) is 45.4 Å². The molecule has 4 fully saturated rings. The molecule has 4 saturated carbocycles. The van der Waals surface area contributed by atoms with Crippen LogP contribution in [0, 0.1) is 39.4 Å². The van der Waals surface area contributed by atoms with Gasteiger partial charge in [-0.1, -0.05) is 25.1 Å². The molecule has 6 nitrogen and oxygen atoms in total. The maximum atomic E-state index is 12.6. The van der Waals surface area contributed by atoms with Gasteiger partial charge in [0.15, 0.2) is 0 Å². The number of fused-ring (bicyclic) bond motifs is 5. The number of hydrogen-bond acceptors (Lipinski definition) is 6. The molecule has 9 atom stereocenters. The molecule has 0 spiro atoms. The van der Waals surface area contributed by atoms with E-state index in [9.17, 15) is 9.70 Å². The van der Waals surface area contributed by atoms with E-state index in [4.69, 9.17) is 10.6 Å². The van der Waals surface area contributed by atoms with E-state index in [0.29, 0.717) is 23.5 Å². The van der Waals surface area contributed by atoms with E-state index in [1.807, 2.05) is 0 Å². The third-order valence-electron chi connectivity index (χ3n) is 9.98. The highest BCUT2D eigenvalue weighted by molar-refractivity contribution is 5.87. The van der Waals surface area contributed by atoms with E-state index in [1.54, 1.807) is 0 Å². The predicted molar refractivity (Wildman–Crippen MR) is 115 cm³/mol. The van der Waals surface area contributed by atoms with Crippen molar-refractivity contribution >= 4 is 5.78 Å². The summed E-state index contributed by atoms with van der Waals surface area (Å²) >= 11 is 0. The molecule has 0 aliphatic heterocycles. The Balaban J connectivity index is 1.37. The van der Waals surface area contributed by atoms with Gasteiger partial charge in [-0.3, -0.25) is 15.1 Å². The van der Waals surface area contributed by atoms with Gasteiger partial charge >= 0.3 is 0 Å². The molecule has 0 heterocycles. The molecule has 5 aliphatic rings. The number of hydroxylamine groups is 1. The van der Waals surface area contributed by atoms with Gasteiger partial charge in [0.1, 0.15) is 11.9 Å². The first-order valence-electron chi connectivity index (χ1n) is 12.1. The zero-order valence-corrected chi connectivity index (χ0v) is 18.4. The number of carbonyl (C=O) groups excluding carboxylic acids is 1. The second-order valence-electron chi connectivity index (χ2n) is 11.3. The number of ketones is 1. The van der Waals surface area contributed by atoms with Crippen LogP contribution in [0.2, 0.25) is 0 Å². The third-order valence-corrected chi connectivity index (χ3v) is 9.98. The van der Waals surface area contributed by atoms with Gasteiger partial charge in [-0.25, -0.2) is 0 Å². The predicted octanol–water partition coefficient (Wildman–Crippen LogP) is 4.24. The monoisotopic (exact) mass is 415 g/mol. The highest BCUT2D eigenvalue weighted by Crippen LogP contribution is 2.65. The van der Waals surface area contributed by atoms with Crippen LogP contribution in [0.15, 0.2) is 16.9 Å². The van der Waals surface area contributed by atoms with E-state index < -0.39 is 0 Å². The van der Waals surface area contributed by atoms with Crippen molar-refractivity contribution in [3.8, 4) is 0 Å². The standard InChI is InChI=1S/C24H37N3O3/c1-23-10-8-14(27-30-21-5-3-4-19(21)25)12-18(23)20(26-29)13-15-16-6-7-22(28)24(16,2)11-9-17(15)23/h12,15-21,27H,3-11,13,25H2,1-2H3/t15-,16-,17-,18?,19+,20?,21+,23+,24-/m0/s1. The van der Waals surface area contributed by atoms with Gasteiger partial charge in [-0.05, 0) is 81.0 Å². The number of rotatable bonds is 4. The van der Waals surface area contributed by atoms with Crippen LogP contribution in [0.5, 0.6) is 0 Å². The second kappa shape index (κ2) is 7.40. The fraction of sp³-hybridized carbons (Fsp3) is 0.875. The SMILES string of the molecule is C[C@]12CCC(NO[C@@H]3CCC[C@H]3N)=CC1C(N=O)C[C@@H]1[C@@H]2CC[C@]2(C)C(=O)CC[C@@H]12. The maximum absolute atomic E-state index is 12.6. The maximum Gasteiger partial charge on any atom is 0.139 e. The van der Waals surface area contributed by atoms with Crippen LogP contribution in [-0.2, 0) is 9.63 Å². The Labute approximate surface area is 179 Å². The first-order chi connectivity index (χ1) is 14.4. The Kier molecular flexibility index (Phi) is 5.09. The third kappa shape index (κ3) is 3.01. The lowest BCUT2D eigenvalue weighted by molar-refractivity contribution is -0.136. The van der Waals surface area contributed by atoms with Crippen LogP contribution in [0.1, 0.15) is 78.1 Å². The lowest BCUT2D eigenvalue weighted by Crippen LogP contribution is -2.56. The molecule has 6 heteroatoms. The number of nitroso groups, excluding NO2 is 1. The number of nitrogens with one attached hydrogen (secondary N) is 1. The second-order valence-corrected chi connectivity index (χ2v) is 11.3. The quantitative estimate of drug-likeness (QED) is 0.529. The molecular weight excluding hydrogens is 378 g/mol. The van der Waals surface area contributed by atoms with Gasteiger partial charge in [0.05, 0.1) is 6.04 Å². The van der Waals surface area contributed by atoms with Crippen molar-refractivity contribution in [3.05, 3.63) is 16.7 Å². The molecule has 5 aliphatic carbocycles. The molecule has 0 aromatic rings. The van der Waals surface area contributed by atoms with Crippen molar-refractivity contribution in [3.63, 3.8) is 0 Å². The Morgan fingerprint density at radius 2 is 1.97 bits per heavy atom. The molecule has 30 heavy (non-hydrogen) atoms. The van der Waals surface area contributed by atoms with E-state index in [0.717, 1.165) is 69.9 Å². The smallest absolute Gasteiger partial charge is 0.139 e. The zero-order valence-electron chi connectivity index (χ0n) is 18.4. The number of nitrogens with two attached hydrogens (primary N) is 1. The lowest BCUT2D eigenvalue weighted by Gasteiger charge is -2.59. The lowest BCUT2D eigenvalue weighted by atomic mass is 9.45. The van der Waals surface area contributed by atoms with Crippen molar-refractivity contribution in [2.45, 2.75) is 96.2 Å². The average Bonchev–Trinajstić information content (AvgIpc) is 3.28. The van der Waals surface area contributed by atoms with Crippen LogP contribution in [0.3, 0.4) is 0 Å². The summed E-state index contributed by atoms with van der Waals surface area (Å²) in [6.45, 7) is 4.57. The molecule has 0 aromatic carbocycles. The van der Waals surface area contributed by atoms with E-state index in [2.05, 4.69) is 30.6 Å². The van der Waals surface area contributed by atoms with Crippen molar-refractivity contribution in [1.29, 1.82) is 0 Å². The van der Waals surface area contributed by atoms with Crippen LogP contribution in [-0.4, -0.2) is 24.0 Å². The normalized spacial score (nSPS) is 50.3. The largest absolute Gasteiger partial charge is 0.325 e. The first kappa shape index (κ1) is 20.6. The summed E-state index contributed by atoms with van der Waals surface area (Å²) in [5.74, 6) is 2.06. The molecule has 5 rings (SSSR count). The first-order valence-corrected chi connectivity index (χ1v) is 12.1. The molecule has 0 aromatic heterocycles. The topological polar surface area (TPSA) is 93.8 Å². The van der Waals surface area contributed by atoms with Crippen LogP contribution >= 0.6 is 0 Å².